The Kier molecular flexibility index (Phi) is 5.96. The third-order valence-electron chi connectivity index (χ3n) is 5.19. The van der Waals surface area contributed by atoms with Crippen molar-refractivity contribution in [2.24, 2.45) is 10.7 Å². The van der Waals surface area contributed by atoms with Gasteiger partial charge in [0.15, 0.2) is 0 Å². The minimum absolute atomic E-state index is 0.400. The second-order valence-corrected chi connectivity index (χ2v) is 7.16. The molecule has 0 saturated carbocycles. The number of rotatable bonds is 6. The van der Waals surface area contributed by atoms with Crippen LogP contribution in [0.4, 0.5) is 5.69 Å². The van der Waals surface area contributed by atoms with E-state index in [0.717, 1.165) is 46.4 Å². The van der Waals surface area contributed by atoms with Crippen LogP contribution in [0.25, 0.3) is 17.2 Å². The van der Waals surface area contributed by atoms with Crippen molar-refractivity contribution in [1.29, 1.82) is 0 Å². The molecule has 0 radical (unpaired) electrons. The van der Waals surface area contributed by atoms with Crippen molar-refractivity contribution in [1.82, 2.24) is 0 Å². The molecule has 2 aromatic rings. The number of nitrogens with two attached hydrogens (primary N) is 1. The van der Waals surface area contributed by atoms with Crippen LogP contribution in [0.5, 0.6) is 0 Å². The van der Waals surface area contributed by atoms with E-state index in [0.29, 0.717) is 18.2 Å². The lowest BCUT2D eigenvalue weighted by Crippen LogP contribution is -2.10. The van der Waals surface area contributed by atoms with Gasteiger partial charge >= 0.3 is 0 Å². The third kappa shape index (κ3) is 4.32. The smallest absolute Gasteiger partial charge is 0.104 e. The van der Waals surface area contributed by atoms with E-state index in [1.807, 2.05) is 6.08 Å². The molecule has 1 unspecified atom stereocenters. The Labute approximate surface area is 168 Å². The van der Waals surface area contributed by atoms with Crippen molar-refractivity contribution < 1.29 is 0 Å². The molecule has 0 amide bonds. The summed E-state index contributed by atoms with van der Waals surface area (Å²) in [5.41, 5.74) is 13.5. The standard InChI is InChI=1S/C26H26N2/c1-5-18(4)14-20(7-3)21-8-10-22(11-9-21)23-12-13-24-15-19(6-2)16-26(27)28-25(24)17-23/h1,6,8-13,15,17,20H,2,4,7,14,16H2,3H3,(H2,27,28). The van der Waals surface area contributed by atoms with Gasteiger partial charge in [-0.3, -0.25) is 0 Å². The Morgan fingerprint density at radius 1 is 1.25 bits per heavy atom. The van der Waals surface area contributed by atoms with Crippen molar-refractivity contribution in [2.45, 2.75) is 32.1 Å². The fourth-order valence-electron chi connectivity index (χ4n) is 3.53. The summed E-state index contributed by atoms with van der Waals surface area (Å²) >= 11 is 0. The maximum atomic E-state index is 6.06. The van der Waals surface area contributed by atoms with Gasteiger partial charge in [-0.05, 0) is 58.7 Å². The Morgan fingerprint density at radius 2 is 1.96 bits per heavy atom. The molecule has 0 aromatic heterocycles. The maximum absolute atomic E-state index is 6.06. The molecule has 2 N–H and O–H groups in total. The molecular formula is C26H26N2. The van der Waals surface area contributed by atoms with Gasteiger partial charge in [0.25, 0.3) is 0 Å². The number of allylic oxidation sites excluding steroid dienone is 2. The average molecular weight is 367 g/mol. The lowest BCUT2D eigenvalue weighted by molar-refractivity contribution is 0.666. The van der Waals surface area contributed by atoms with Crippen LogP contribution in [0.15, 0.2) is 77.8 Å². The van der Waals surface area contributed by atoms with Crippen molar-refractivity contribution in [3.63, 3.8) is 0 Å². The van der Waals surface area contributed by atoms with E-state index < -0.39 is 0 Å². The molecular weight excluding hydrogens is 340 g/mol. The Hall–Kier alpha value is -3.31. The van der Waals surface area contributed by atoms with E-state index in [9.17, 15) is 0 Å². The van der Waals surface area contributed by atoms with Gasteiger partial charge < -0.3 is 5.73 Å². The highest BCUT2D eigenvalue weighted by Crippen LogP contribution is 2.33. The minimum atomic E-state index is 0.400. The van der Waals surface area contributed by atoms with Crippen molar-refractivity contribution in [3.05, 3.63) is 84.0 Å². The van der Waals surface area contributed by atoms with Crippen LogP contribution in [0.2, 0.25) is 0 Å². The Bertz CT molecular complexity index is 998. The summed E-state index contributed by atoms with van der Waals surface area (Å²) in [7, 11) is 0. The van der Waals surface area contributed by atoms with Crippen LogP contribution < -0.4 is 5.73 Å². The summed E-state index contributed by atoms with van der Waals surface area (Å²) in [6.45, 7) is 9.99. The highest BCUT2D eigenvalue weighted by molar-refractivity contribution is 5.91. The van der Waals surface area contributed by atoms with E-state index in [1.165, 1.54) is 5.56 Å². The van der Waals surface area contributed by atoms with Crippen LogP contribution in [0.1, 0.15) is 43.2 Å². The molecule has 0 spiro atoms. The molecule has 140 valence electrons. The van der Waals surface area contributed by atoms with Gasteiger partial charge in [0.2, 0.25) is 0 Å². The topological polar surface area (TPSA) is 38.4 Å². The first kappa shape index (κ1) is 19.5. The average Bonchev–Trinajstić information content (AvgIpc) is 2.88. The second kappa shape index (κ2) is 8.59. The zero-order valence-corrected chi connectivity index (χ0v) is 16.4. The normalized spacial score (nSPS) is 14.0. The molecule has 0 bridgehead atoms. The Balaban J connectivity index is 1.90. The van der Waals surface area contributed by atoms with E-state index in [1.54, 1.807) is 0 Å². The number of benzene rings is 2. The zero-order chi connectivity index (χ0) is 20.1. The van der Waals surface area contributed by atoms with Crippen LogP contribution in [0.3, 0.4) is 0 Å². The first-order valence-corrected chi connectivity index (χ1v) is 9.58. The molecule has 1 aliphatic rings. The minimum Gasteiger partial charge on any atom is -0.387 e. The number of hydrogen-bond donors (Lipinski definition) is 1. The van der Waals surface area contributed by atoms with Gasteiger partial charge in [0.1, 0.15) is 5.84 Å². The molecule has 2 aromatic carbocycles. The van der Waals surface area contributed by atoms with Crippen molar-refractivity contribution in [3.8, 4) is 23.5 Å². The molecule has 28 heavy (non-hydrogen) atoms. The number of hydrogen-bond acceptors (Lipinski definition) is 2. The van der Waals surface area contributed by atoms with Crippen LogP contribution >= 0.6 is 0 Å². The molecule has 3 rings (SSSR count). The Morgan fingerprint density at radius 3 is 2.61 bits per heavy atom. The SMILES string of the molecule is C#CC(=C)CC(CC)c1ccc(-c2ccc3c(c2)N=C(N)CC(C=C)=C3)cc1. The molecule has 1 aliphatic heterocycles. The number of aliphatic imine (C=N–C) groups is 1. The summed E-state index contributed by atoms with van der Waals surface area (Å²) in [5, 5.41) is 0. The lowest BCUT2D eigenvalue weighted by Gasteiger charge is -2.15. The van der Waals surface area contributed by atoms with Gasteiger partial charge in [0.05, 0.1) is 5.69 Å². The number of terminal acetylenes is 1. The molecule has 1 heterocycles. The van der Waals surface area contributed by atoms with Crippen LogP contribution in [-0.4, -0.2) is 5.84 Å². The highest BCUT2D eigenvalue weighted by Gasteiger charge is 2.12. The summed E-state index contributed by atoms with van der Waals surface area (Å²) in [5.74, 6) is 3.66. The quantitative estimate of drug-likeness (QED) is 0.591. The van der Waals surface area contributed by atoms with Gasteiger partial charge in [-0.1, -0.05) is 68.5 Å². The number of nitrogens with zero attached hydrogens (tertiary/aromatic N) is 1. The van der Waals surface area contributed by atoms with E-state index in [-0.39, 0.29) is 0 Å². The predicted molar refractivity (Wildman–Crippen MR) is 122 cm³/mol. The van der Waals surface area contributed by atoms with Crippen molar-refractivity contribution >= 4 is 17.6 Å². The monoisotopic (exact) mass is 366 g/mol. The summed E-state index contributed by atoms with van der Waals surface area (Å²) in [4.78, 5) is 4.59. The van der Waals surface area contributed by atoms with Gasteiger partial charge in [0, 0.05) is 12.0 Å². The first-order valence-electron chi connectivity index (χ1n) is 9.58. The second-order valence-electron chi connectivity index (χ2n) is 7.16. The number of fused-ring (bicyclic) bond motifs is 1. The molecule has 0 saturated heterocycles. The first-order chi connectivity index (χ1) is 13.5. The van der Waals surface area contributed by atoms with Crippen molar-refractivity contribution in [2.75, 3.05) is 0 Å². The van der Waals surface area contributed by atoms with Crippen LogP contribution in [-0.2, 0) is 0 Å². The fourth-order valence-corrected chi connectivity index (χ4v) is 3.53. The summed E-state index contributed by atoms with van der Waals surface area (Å²) in [6, 6.07) is 15.0. The lowest BCUT2D eigenvalue weighted by atomic mass is 9.89. The highest BCUT2D eigenvalue weighted by atomic mass is 14.9. The molecule has 0 aliphatic carbocycles. The molecule has 2 heteroatoms. The van der Waals surface area contributed by atoms with Gasteiger partial charge in [-0.25, -0.2) is 4.99 Å². The largest absolute Gasteiger partial charge is 0.387 e. The van der Waals surface area contributed by atoms with E-state index in [4.69, 9.17) is 12.2 Å². The van der Waals surface area contributed by atoms with E-state index in [2.05, 4.69) is 79.5 Å². The fraction of sp³-hybridized carbons (Fsp3) is 0.192. The van der Waals surface area contributed by atoms with Gasteiger partial charge in [-0.15, -0.1) is 6.42 Å². The van der Waals surface area contributed by atoms with E-state index >= 15 is 0 Å². The molecule has 0 fully saturated rings. The molecule has 1 atom stereocenters. The number of amidine groups is 1. The van der Waals surface area contributed by atoms with Gasteiger partial charge in [-0.2, -0.15) is 0 Å². The summed E-state index contributed by atoms with van der Waals surface area (Å²) < 4.78 is 0. The predicted octanol–water partition coefficient (Wildman–Crippen LogP) is 6.39. The van der Waals surface area contributed by atoms with Crippen LogP contribution in [0, 0.1) is 12.3 Å². The molecule has 2 nitrogen and oxygen atoms in total. The summed E-state index contributed by atoms with van der Waals surface area (Å²) in [6.07, 6.45) is 11.9. The zero-order valence-electron chi connectivity index (χ0n) is 16.4. The third-order valence-corrected chi connectivity index (χ3v) is 5.19. The maximum Gasteiger partial charge on any atom is 0.104 e.